The number of aryl methyl sites for hydroxylation is 1. The zero-order valence-electron chi connectivity index (χ0n) is 11.3. The van der Waals surface area contributed by atoms with Crippen molar-refractivity contribution in [2.24, 2.45) is 0 Å². The molecule has 3 nitrogen and oxygen atoms in total. The fourth-order valence-corrected chi connectivity index (χ4v) is 2.70. The van der Waals surface area contributed by atoms with Crippen molar-refractivity contribution in [3.05, 3.63) is 53.6 Å². The Bertz CT molecular complexity index is 706. The van der Waals surface area contributed by atoms with E-state index in [1.807, 2.05) is 25.1 Å². The first-order chi connectivity index (χ1) is 9.40. The average molecular weight is 311 g/mol. The highest BCUT2D eigenvalue weighted by molar-refractivity contribution is 7.90. The molecule has 0 bridgehead atoms. The summed E-state index contributed by atoms with van der Waals surface area (Å²) in [6.07, 6.45) is 1.18. The molecule has 0 aliphatic rings. The molecule has 5 heteroatoms. The van der Waals surface area contributed by atoms with E-state index in [2.05, 4.69) is 0 Å². The highest BCUT2D eigenvalue weighted by atomic mass is 35.5. The Morgan fingerprint density at radius 1 is 1.05 bits per heavy atom. The van der Waals surface area contributed by atoms with Crippen molar-refractivity contribution in [3.8, 4) is 11.5 Å². The van der Waals surface area contributed by atoms with Crippen molar-refractivity contribution in [2.45, 2.75) is 17.7 Å². The molecule has 2 rings (SSSR count). The van der Waals surface area contributed by atoms with E-state index in [0.717, 1.165) is 11.1 Å². The predicted molar refractivity (Wildman–Crippen MR) is 80.4 cm³/mol. The summed E-state index contributed by atoms with van der Waals surface area (Å²) in [6, 6.07) is 12.0. The Morgan fingerprint density at radius 2 is 1.65 bits per heavy atom. The fraction of sp³-hybridized carbons (Fsp3) is 0.200. The van der Waals surface area contributed by atoms with Gasteiger partial charge in [0.15, 0.2) is 9.84 Å². The van der Waals surface area contributed by atoms with Crippen LogP contribution < -0.4 is 4.74 Å². The summed E-state index contributed by atoms with van der Waals surface area (Å²) in [6.45, 7) is 1.97. The highest BCUT2D eigenvalue weighted by Gasteiger charge is 2.07. The van der Waals surface area contributed by atoms with E-state index in [9.17, 15) is 8.42 Å². The molecule has 0 saturated heterocycles. The minimum atomic E-state index is -3.18. The van der Waals surface area contributed by atoms with Gasteiger partial charge in [-0.25, -0.2) is 8.42 Å². The lowest BCUT2D eigenvalue weighted by Gasteiger charge is -2.09. The van der Waals surface area contributed by atoms with Gasteiger partial charge in [-0.1, -0.05) is 6.07 Å². The maximum Gasteiger partial charge on any atom is 0.175 e. The molecule has 0 fully saturated rings. The van der Waals surface area contributed by atoms with Gasteiger partial charge in [-0.05, 0) is 54.4 Å². The van der Waals surface area contributed by atoms with Gasteiger partial charge in [0.2, 0.25) is 0 Å². The number of rotatable bonds is 4. The van der Waals surface area contributed by atoms with Crippen LogP contribution in [0.3, 0.4) is 0 Å². The van der Waals surface area contributed by atoms with Gasteiger partial charge < -0.3 is 4.74 Å². The molecular weight excluding hydrogens is 296 g/mol. The van der Waals surface area contributed by atoms with Crippen LogP contribution in [-0.2, 0) is 15.7 Å². The van der Waals surface area contributed by atoms with E-state index in [0.29, 0.717) is 17.4 Å². The first kappa shape index (κ1) is 14.9. The van der Waals surface area contributed by atoms with Crippen molar-refractivity contribution in [3.63, 3.8) is 0 Å². The lowest BCUT2D eigenvalue weighted by atomic mass is 10.1. The summed E-state index contributed by atoms with van der Waals surface area (Å²) in [5.41, 5.74) is 2.12. The molecule has 2 aromatic carbocycles. The van der Waals surface area contributed by atoms with Crippen LogP contribution in [0.4, 0.5) is 0 Å². The second kappa shape index (κ2) is 5.85. The monoisotopic (exact) mass is 310 g/mol. The van der Waals surface area contributed by atoms with E-state index in [-0.39, 0.29) is 4.90 Å². The minimum absolute atomic E-state index is 0.276. The summed E-state index contributed by atoms with van der Waals surface area (Å²) >= 11 is 5.81. The molecule has 2 aromatic rings. The molecule has 0 aromatic heterocycles. The molecule has 0 N–H and O–H groups in total. The third kappa shape index (κ3) is 3.52. The maximum absolute atomic E-state index is 11.4. The molecule has 106 valence electrons. The number of alkyl halides is 1. The van der Waals surface area contributed by atoms with Gasteiger partial charge in [-0.3, -0.25) is 0 Å². The highest BCUT2D eigenvalue weighted by Crippen LogP contribution is 2.25. The first-order valence-electron chi connectivity index (χ1n) is 6.03. The molecule has 0 heterocycles. The van der Waals surface area contributed by atoms with Crippen LogP contribution in [0.25, 0.3) is 0 Å². The van der Waals surface area contributed by atoms with E-state index >= 15 is 0 Å². The molecule has 20 heavy (non-hydrogen) atoms. The van der Waals surface area contributed by atoms with Crippen LogP contribution in [0.1, 0.15) is 11.1 Å². The lowest BCUT2D eigenvalue weighted by Crippen LogP contribution is -1.96. The molecule has 0 amide bonds. The number of benzene rings is 2. The van der Waals surface area contributed by atoms with Gasteiger partial charge in [0, 0.05) is 12.1 Å². The summed E-state index contributed by atoms with van der Waals surface area (Å²) in [5, 5.41) is 0. The summed E-state index contributed by atoms with van der Waals surface area (Å²) < 4.78 is 28.4. The summed E-state index contributed by atoms with van der Waals surface area (Å²) in [7, 11) is -3.18. The number of hydrogen-bond donors (Lipinski definition) is 0. The zero-order valence-corrected chi connectivity index (χ0v) is 12.8. The van der Waals surface area contributed by atoms with Crippen LogP contribution >= 0.6 is 11.6 Å². The number of hydrogen-bond acceptors (Lipinski definition) is 3. The van der Waals surface area contributed by atoms with Crippen LogP contribution in [0.15, 0.2) is 47.4 Å². The van der Waals surface area contributed by atoms with Crippen LogP contribution in [0.5, 0.6) is 11.5 Å². The molecule has 0 unspecified atom stereocenters. The van der Waals surface area contributed by atoms with Gasteiger partial charge >= 0.3 is 0 Å². The third-order valence-electron chi connectivity index (χ3n) is 2.95. The normalized spacial score (nSPS) is 11.3. The average Bonchev–Trinajstić information content (AvgIpc) is 2.38. The molecule has 0 saturated carbocycles. The number of ether oxygens (including phenoxy) is 1. The predicted octanol–water partition coefficient (Wildman–Crippen LogP) is 3.93. The van der Waals surface area contributed by atoms with Gasteiger partial charge in [-0.15, -0.1) is 11.6 Å². The Labute approximate surface area is 124 Å². The first-order valence-corrected chi connectivity index (χ1v) is 8.46. The van der Waals surface area contributed by atoms with Crippen molar-refractivity contribution in [2.75, 3.05) is 6.26 Å². The molecule has 0 atom stereocenters. The molecule has 0 aliphatic carbocycles. The molecule has 0 radical (unpaired) electrons. The van der Waals surface area contributed by atoms with Crippen LogP contribution in [-0.4, -0.2) is 14.7 Å². The summed E-state index contributed by atoms with van der Waals surface area (Å²) in [5.74, 6) is 1.76. The van der Waals surface area contributed by atoms with Crippen LogP contribution in [0, 0.1) is 6.92 Å². The quantitative estimate of drug-likeness (QED) is 0.804. The number of sulfone groups is 1. The summed E-state index contributed by atoms with van der Waals surface area (Å²) in [4.78, 5) is 0.276. The third-order valence-corrected chi connectivity index (χ3v) is 4.36. The molecule has 0 aliphatic heterocycles. The van der Waals surface area contributed by atoms with Gasteiger partial charge in [-0.2, -0.15) is 0 Å². The Hall–Kier alpha value is -1.52. The van der Waals surface area contributed by atoms with Crippen molar-refractivity contribution < 1.29 is 13.2 Å². The zero-order chi connectivity index (χ0) is 14.8. The Morgan fingerprint density at radius 3 is 2.15 bits per heavy atom. The van der Waals surface area contributed by atoms with E-state index in [1.54, 1.807) is 12.1 Å². The van der Waals surface area contributed by atoms with Gasteiger partial charge in [0.25, 0.3) is 0 Å². The maximum atomic E-state index is 11.4. The topological polar surface area (TPSA) is 43.4 Å². The second-order valence-corrected chi connectivity index (χ2v) is 6.85. The van der Waals surface area contributed by atoms with E-state index < -0.39 is 9.84 Å². The number of halogens is 1. The second-order valence-electron chi connectivity index (χ2n) is 4.57. The van der Waals surface area contributed by atoms with Crippen LogP contribution in [0.2, 0.25) is 0 Å². The van der Waals surface area contributed by atoms with E-state index in [4.69, 9.17) is 16.3 Å². The SMILES string of the molecule is Cc1cc(Oc2ccc(S(C)(=O)=O)cc2)ccc1CCl. The lowest BCUT2D eigenvalue weighted by molar-refractivity contribution is 0.481. The van der Waals surface area contributed by atoms with Crippen molar-refractivity contribution in [1.29, 1.82) is 0 Å². The van der Waals surface area contributed by atoms with Crippen molar-refractivity contribution >= 4 is 21.4 Å². The Balaban J connectivity index is 2.20. The van der Waals surface area contributed by atoms with Gasteiger partial charge in [0.1, 0.15) is 11.5 Å². The van der Waals surface area contributed by atoms with E-state index in [1.165, 1.54) is 18.4 Å². The smallest absolute Gasteiger partial charge is 0.175 e. The molecular formula is C15H15ClO3S. The largest absolute Gasteiger partial charge is 0.457 e. The Kier molecular flexibility index (Phi) is 4.35. The standard InChI is InChI=1S/C15H15ClO3S/c1-11-9-14(4-3-12(11)10-16)19-13-5-7-15(8-6-13)20(2,17)18/h3-9H,10H2,1-2H3. The minimum Gasteiger partial charge on any atom is -0.457 e. The fourth-order valence-electron chi connectivity index (χ4n) is 1.77. The van der Waals surface area contributed by atoms with Crippen molar-refractivity contribution in [1.82, 2.24) is 0 Å². The molecule has 0 spiro atoms. The van der Waals surface area contributed by atoms with Gasteiger partial charge in [0.05, 0.1) is 4.90 Å².